The molecule has 29 heavy (non-hydrogen) atoms. The Morgan fingerprint density at radius 3 is 2.31 bits per heavy atom. The van der Waals surface area contributed by atoms with Crippen LogP contribution in [-0.2, 0) is 16.0 Å². The molecule has 156 valence electrons. The molecule has 1 atom stereocenters. The minimum Gasteiger partial charge on any atom is -0.484 e. The number of nitrogens with one attached hydrogen (secondary N) is 1. The number of nitrogens with zero attached hydrogens (tertiary/aromatic N) is 1. The Hall–Kier alpha value is -2.09. The largest absolute Gasteiger partial charge is 0.484 e. The number of benzene rings is 2. The minimum absolute atomic E-state index is 0.0191. The van der Waals surface area contributed by atoms with Gasteiger partial charge in [-0.15, -0.1) is 0 Å². The van der Waals surface area contributed by atoms with E-state index in [1.54, 1.807) is 4.90 Å². The third-order valence-electron chi connectivity index (χ3n) is 4.48. The molecule has 0 saturated carbocycles. The van der Waals surface area contributed by atoms with Crippen LogP contribution in [0.4, 0.5) is 0 Å². The van der Waals surface area contributed by atoms with E-state index in [1.165, 1.54) is 0 Å². The lowest BCUT2D eigenvalue weighted by Crippen LogP contribution is -2.52. The topological polar surface area (TPSA) is 58.6 Å². The molecule has 5 nitrogen and oxygen atoms in total. The molecule has 0 heterocycles. The molecule has 6 heteroatoms. The second kappa shape index (κ2) is 11.8. The normalized spacial score (nSPS) is 11.8. The van der Waals surface area contributed by atoms with Crippen molar-refractivity contribution in [2.75, 3.05) is 13.2 Å². The van der Waals surface area contributed by atoms with Gasteiger partial charge in [0.15, 0.2) is 6.61 Å². The lowest BCUT2D eigenvalue weighted by Gasteiger charge is -2.31. The van der Waals surface area contributed by atoms with Gasteiger partial charge in [-0.1, -0.05) is 37.3 Å². The van der Waals surface area contributed by atoms with Crippen LogP contribution in [0, 0.1) is 3.57 Å². The second-order valence-electron chi connectivity index (χ2n) is 7.15. The highest BCUT2D eigenvalue weighted by Crippen LogP contribution is 2.15. The number of hydrogen-bond donors (Lipinski definition) is 1. The van der Waals surface area contributed by atoms with E-state index in [0.717, 1.165) is 9.13 Å². The van der Waals surface area contributed by atoms with Crippen molar-refractivity contribution in [1.82, 2.24) is 10.2 Å². The summed E-state index contributed by atoms with van der Waals surface area (Å²) in [5.74, 6) is 0.324. The molecule has 1 N–H and O–H groups in total. The molecular formula is C23H29IN2O3. The smallest absolute Gasteiger partial charge is 0.261 e. The maximum absolute atomic E-state index is 13.0. The summed E-state index contributed by atoms with van der Waals surface area (Å²) in [5, 5.41) is 2.93. The zero-order chi connectivity index (χ0) is 21.2. The van der Waals surface area contributed by atoms with E-state index in [4.69, 9.17) is 4.74 Å². The Bertz CT molecular complexity index is 778. The van der Waals surface area contributed by atoms with Crippen molar-refractivity contribution in [1.29, 1.82) is 0 Å². The molecule has 2 amide bonds. The van der Waals surface area contributed by atoms with Crippen LogP contribution in [0.25, 0.3) is 0 Å². The summed E-state index contributed by atoms with van der Waals surface area (Å²) in [5.41, 5.74) is 1.13. The lowest BCUT2D eigenvalue weighted by molar-refractivity contribution is -0.142. The van der Waals surface area contributed by atoms with Gasteiger partial charge in [0.2, 0.25) is 5.91 Å². The third kappa shape index (κ3) is 7.68. The van der Waals surface area contributed by atoms with Crippen LogP contribution in [0.1, 0.15) is 32.8 Å². The highest BCUT2D eigenvalue weighted by Gasteiger charge is 2.28. The summed E-state index contributed by atoms with van der Waals surface area (Å²) < 4.78 is 6.78. The number of halogens is 1. The quantitative estimate of drug-likeness (QED) is 0.493. The molecule has 0 aliphatic heterocycles. The number of ether oxygens (including phenoxy) is 1. The van der Waals surface area contributed by atoms with Gasteiger partial charge < -0.3 is 15.0 Å². The summed E-state index contributed by atoms with van der Waals surface area (Å²) in [6.07, 6.45) is 1.23. The summed E-state index contributed by atoms with van der Waals surface area (Å²) >= 11 is 2.22. The van der Waals surface area contributed by atoms with E-state index >= 15 is 0 Å². The fraction of sp³-hybridized carbons (Fsp3) is 0.391. The molecule has 0 aromatic heterocycles. The van der Waals surface area contributed by atoms with Gasteiger partial charge in [-0.3, -0.25) is 9.59 Å². The summed E-state index contributed by atoms with van der Waals surface area (Å²) in [7, 11) is 0. The Balaban J connectivity index is 2.11. The summed E-state index contributed by atoms with van der Waals surface area (Å²) in [4.78, 5) is 27.4. The Morgan fingerprint density at radius 1 is 1.07 bits per heavy atom. The highest BCUT2D eigenvalue weighted by molar-refractivity contribution is 14.1. The van der Waals surface area contributed by atoms with Gasteiger partial charge in [0, 0.05) is 16.2 Å². The molecule has 0 radical (unpaired) electrons. The van der Waals surface area contributed by atoms with E-state index in [2.05, 4.69) is 27.9 Å². The van der Waals surface area contributed by atoms with Gasteiger partial charge in [-0.2, -0.15) is 0 Å². The summed E-state index contributed by atoms with van der Waals surface area (Å²) in [6.45, 7) is 6.12. The number of amides is 2. The molecule has 0 aliphatic carbocycles. The molecule has 2 aromatic rings. The monoisotopic (exact) mass is 508 g/mol. The van der Waals surface area contributed by atoms with E-state index in [-0.39, 0.29) is 24.5 Å². The van der Waals surface area contributed by atoms with E-state index < -0.39 is 6.04 Å². The second-order valence-corrected chi connectivity index (χ2v) is 8.40. The van der Waals surface area contributed by atoms with Gasteiger partial charge in [0.05, 0.1) is 0 Å². The Kier molecular flexibility index (Phi) is 9.44. The molecule has 0 bridgehead atoms. The first kappa shape index (κ1) is 23.2. The standard InChI is InChI=1S/C23H29IN2O3/c1-4-21(23(28)25-17(2)3)26(15-14-18-8-6-5-7-9-18)22(27)16-29-20-12-10-19(24)11-13-20/h5-13,17,21H,4,14-16H2,1-3H3,(H,25,28)/t21-/m0/s1. The molecule has 2 rings (SSSR count). The number of rotatable bonds is 10. The number of carbonyl (C=O) groups is 2. The Labute approximate surface area is 187 Å². The van der Waals surface area contributed by atoms with Crippen LogP contribution in [0.15, 0.2) is 54.6 Å². The maximum Gasteiger partial charge on any atom is 0.261 e. The van der Waals surface area contributed by atoms with Crippen LogP contribution in [0.5, 0.6) is 5.75 Å². The van der Waals surface area contributed by atoms with E-state index in [0.29, 0.717) is 25.1 Å². The number of hydrogen-bond acceptors (Lipinski definition) is 3. The van der Waals surface area contributed by atoms with Crippen molar-refractivity contribution in [2.24, 2.45) is 0 Å². The van der Waals surface area contributed by atoms with Gasteiger partial charge in [-0.25, -0.2) is 0 Å². The molecule has 2 aromatic carbocycles. The van der Waals surface area contributed by atoms with Crippen molar-refractivity contribution in [3.8, 4) is 5.75 Å². The first-order valence-corrected chi connectivity index (χ1v) is 11.0. The molecule has 0 saturated heterocycles. The van der Waals surface area contributed by atoms with Gasteiger partial charge in [0.25, 0.3) is 5.91 Å². The molecule has 0 spiro atoms. The molecular weight excluding hydrogens is 479 g/mol. The summed E-state index contributed by atoms with van der Waals surface area (Å²) in [6, 6.07) is 17.0. The molecule has 0 unspecified atom stereocenters. The van der Waals surface area contributed by atoms with Crippen molar-refractivity contribution in [2.45, 2.75) is 45.7 Å². The fourth-order valence-electron chi connectivity index (χ4n) is 3.04. The predicted octanol–water partition coefficient (Wildman–Crippen LogP) is 4.04. The van der Waals surface area contributed by atoms with Crippen LogP contribution in [0.2, 0.25) is 0 Å². The SMILES string of the molecule is CC[C@@H](C(=O)NC(C)C)N(CCc1ccccc1)C(=O)COc1ccc(I)cc1. The highest BCUT2D eigenvalue weighted by atomic mass is 127. The first-order valence-electron chi connectivity index (χ1n) is 9.92. The molecule has 0 fully saturated rings. The van der Waals surface area contributed by atoms with Crippen LogP contribution in [-0.4, -0.2) is 41.9 Å². The minimum atomic E-state index is -0.520. The lowest BCUT2D eigenvalue weighted by atomic mass is 10.1. The van der Waals surface area contributed by atoms with E-state index in [1.807, 2.05) is 75.4 Å². The zero-order valence-corrected chi connectivity index (χ0v) is 19.4. The van der Waals surface area contributed by atoms with Crippen molar-refractivity contribution < 1.29 is 14.3 Å². The van der Waals surface area contributed by atoms with E-state index in [9.17, 15) is 9.59 Å². The van der Waals surface area contributed by atoms with Crippen LogP contribution in [0.3, 0.4) is 0 Å². The molecule has 0 aliphatic rings. The Morgan fingerprint density at radius 2 is 1.72 bits per heavy atom. The van der Waals surface area contributed by atoms with Crippen molar-refractivity contribution in [3.05, 3.63) is 63.7 Å². The van der Waals surface area contributed by atoms with Crippen molar-refractivity contribution in [3.63, 3.8) is 0 Å². The average molecular weight is 508 g/mol. The van der Waals surface area contributed by atoms with Crippen LogP contribution < -0.4 is 10.1 Å². The third-order valence-corrected chi connectivity index (χ3v) is 5.20. The van der Waals surface area contributed by atoms with Gasteiger partial charge in [-0.05, 0) is 79.1 Å². The van der Waals surface area contributed by atoms with Crippen molar-refractivity contribution >= 4 is 34.4 Å². The maximum atomic E-state index is 13.0. The van der Waals surface area contributed by atoms with Crippen LogP contribution >= 0.6 is 22.6 Å². The number of carbonyl (C=O) groups excluding carboxylic acids is 2. The average Bonchev–Trinajstić information content (AvgIpc) is 2.70. The van der Waals surface area contributed by atoms with Gasteiger partial charge in [0.1, 0.15) is 11.8 Å². The zero-order valence-electron chi connectivity index (χ0n) is 17.2. The fourth-order valence-corrected chi connectivity index (χ4v) is 3.39. The predicted molar refractivity (Wildman–Crippen MR) is 124 cm³/mol. The first-order chi connectivity index (χ1) is 13.9. The van der Waals surface area contributed by atoms with Gasteiger partial charge >= 0.3 is 0 Å².